The molecule has 0 aromatic heterocycles. The zero-order chi connectivity index (χ0) is 15.2. The first-order valence-corrected chi connectivity index (χ1v) is 8.67. The number of rotatable bonds is 9. The maximum Gasteiger partial charge on any atom is 0.0475 e. The van der Waals surface area contributed by atoms with Crippen molar-refractivity contribution in [3.05, 3.63) is 35.9 Å². The van der Waals surface area contributed by atoms with Crippen LogP contribution in [0.4, 0.5) is 0 Å². The van der Waals surface area contributed by atoms with Gasteiger partial charge in [-0.25, -0.2) is 0 Å². The zero-order valence-corrected chi connectivity index (χ0v) is 14.2. The molecule has 2 nitrogen and oxygen atoms in total. The lowest BCUT2D eigenvalue weighted by Gasteiger charge is -2.36. The molecule has 2 unspecified atom stereocenters. The van der Waals surface area contributed by atoms with Gasteiger partial charge in [0.05, 0.1) is 0 Å². The van der Waals surface area contributed by atoms with Crippen molar-refractivity contribution in [3.63, 3.8) is 0 Å². The van der Waals surface area contributed by atoms with Gasteiger partial charge in [0.2, 0.25) is 0 Å². The molecule has 0 radical (unpaired) electrons. The predicted molar refractivity (Wildman–Crippen MR) is 91.5 cm³/mol. The third-order valence-electron chi connectivity index (χ3n) is 4.57. The van der Waals surface area contributed by atoms with E-state index in [2.05, 4.69) is 68.2 Å². The first-order chi connectivity index (χ1) is 10.1. The third-order valence-corrected chi connectivity index (χ3v) is 4.57. The van der Waals surface area contributed by atoms with Crippen LogP contribution >= 0.6 is 0 Å². The molecule has 2 rings (SSSR count). The van der Waals surface area contributed by atoms with Gasteiger partial charge in [-0.1, -0.05) is 51.1 Å². The normalized spacial score (nSPS) is 18.2. The van der Waals surface area contributed by atoms with Crippen LogP contribution in [0.25, 0.3) is 0 Å². The molecule has 2 heteroatoms. The molecule has 21 heavy (non-hydrogen) atoms. The highest BCUT2D eigenvalue weighted by molar-refractivity contribution is 5.20. The Bertz CT molecular complexity index is 397. The summed E-state index contributed by atoms with van der Waals surface area (Å²) in [6.45, 7) is 11.5. The highest BCUT2D eigenvalue weighted by Gasteiger charge is 2.35. The third kappa shape index (κ3) is 4.82. The molecule has 1 aromatic rings. The molecule has 1 aliphatic carbocycles. The van der Waals surface area contributed by atoms with Crippen LogP contribution in [0.15, 0.2) is 30.3 Å². The second-order valence-corrected chi connectivity index (χ2v) is 6.84. The molecule has 0 bridgehead atoms. The Morgan fingerprint density at radius 3 is 2.33 bits per heavy atom. The molecule has 1 aliphatic rings. The fourth-order valence-electron chi connectivity index (χ4n) is 3.17. The first kappa shape index (κ1) is 16.5. The summed E-state index contributed by atoms with van der Waals surface area (Å²) in [5.74, 6) is 0.785. The largest absolute Gasteiger partial charge is 0.309 e. The standard InChI is InChI=1S/C19H32N2/c1-5-20-19(17-9-7-6-8-10-17)16(4)21(18-11-12-18)14-13-15(2)3/h6-10,15-16,18-20H,5,11-14H2,1-4H3. The van der Waals surface area contributed by atoms with Crippen molar-refractivity contribution in [1.29, 1.82) is 0 Å². The summed E-state index contributed by atoms with van der Waals surface area (Å²) >= 11 is 0. The SMILES string of the molecule is CCNC(c1ccccc1)C(C)N(CCC(C)C)C1CC1. The Balaban J connectivity index is 2.09. The molecule has 0 aliphatic heterocycles. The maximum absolute atomic E-state index is 3.71. The molecule has 1 aromatic carbocycles. The van der Waals surface area contributed by atoms with Crippen molar-refractivity contribution < 1.29 is 0 Å². The van der Waals surface area contributed by atoms with Crippen molar-refractivity contribution in [2.24, 2.45) is 5.92 Å². The average Bonchev–Trinajstić information content (AvgIpc) is 3.30. The smallest absolute Gasteiger partial charge is 0.0475 e. The predicted octanol–water partition coefficient (Wildman–Crippen LogP) is 4.24. The number of nitrogens with one attached hydrogen (secondary N) is 1. The lowest BCUT2D eigenvalue weighted by Crippen LogP contribution is -2.44. The Morgan fingerprint density at radius 2 is 1.81 bits per heavy atom. The van der Waals surface area contributed by atoms with Crippen LogP contribution in [-0.4, -0.2) is 30.1 Å². The van der Waals surface area contributed by atoms with E-state index in [-0.39, 0.29) is 0 Å². The van der Waals surface area contributed by atoms with Crippen molar-refractivity contribution in [1.82, 2.24) is 10.2 Å². The quantitative estimate of drug-likeness (QED) is 0.731. The van der Waals surface area contributed by atoms with Crippen LogP contribution in [0.3, 0.4) is 0 Å². The first-order valence-electron chi connectivity index (χ1n) is 8.67. The number of likely N-dealkylation sites (N-methyl/N-ethyl adjacent to an activating group) is 1. The van der Waals surface area contributed by atoms with Crippen molar-refractivity contribution in [2.45, 2.75) is 65.1 Å². The van der Waals surface area contributed by atoms with E-state index in [0.29, 0.717) is 12.1 Å². The minimum absolute atomic E-state index is 0.434. The zero-order valence-electron chi connectivity index (χ0n) is 14.2. The second-order valence-electron chi connectivity index (χ2n) is 6.84. The van der Waals surface area contributed by atoms with Gasteiger partial charge in [0.25, 0.3) is 0 Å². The van der Waals surface area contributed by atoms with Crippen LogP contribution in [0.2, 0.25) is 0 Å². The van der Waals surface area contributed by atoms with Crippen LogP contribution in [-0.2, 0) is 0 Å². The summed E-state index contributed by atoms with van der Waals surface area (Å²) in [5, 5.41) is 3.71. The Labute approximate surface area is 130 Å². The molecule has 118 valence electrons. The molecule has 1 fully saturated rings. The highest BCUT2D eigenvalue weighted by Crippen LogP contribution is 2.33. The Kier molecular flexibility index (Phi) is 6.25. The average molecular weight is 288 g/mol. The molecule has 1 saturated carbocycles. The van der Waals surface area contributed by atoms with E-state index in [1.807, 2.05) is 0 Å². The van der Waals surface area contributed by atoms with Gasteiger partial charge < -0.3 is 5.32 Å². The number of benzene rings is 1. The highest BCUT2D eigenvalue weighted by atomic mass is 15.2. The fourth-order valence-corrected chi connectivity index (χ4v) is 3.17. The van der Waals surface area contributed by atoms with E-state index in [9.17, 15) is 0 Å². The molecule has 0 saturated heterocycles. The topological polar surface area (TPSA) is 15.3 Å². The van der Waals surface area contributed by atoms with E-state index in [0.717, 1.165) is 18.5 Å². The van der Waals surface area contributed by atoms with Crippen LogP contribution < -0.4 is 5.32 Å². The van der Waals surface area contributed by atoms with Crippen LogP contribution in [0.1, 0.15) is 58.6 Å². The van der Waals surface area contributed by atoms with Gasteiger partial charge in [0.1, 0.15) is 0 Å². The van der Waals surface area contributed by atoms with Crippen molar-refractivity contribution >= 4 is 0 Å². The molecular formula is C19H32N2. The molecule has 0 spiro atoms. The lowest BCUT2D eigenvalue weighted by molar-refractivity contribution is 0.152. The number of hydrogen-bond acceptors (Lipinski definition) is 2. The minimum Gasteiger partial charge on any atom is -0.309 e. The summed E-state index contributed by atoms with van der Waals surface area (Å²) < 4.78 is 0. The van der Waals surface area contributed by atoms with Gasteiger partial charge in [0.15, 0.2) is 0 Å². The van der Waals surface area contributed by atoms with E-state index >= 15 is 0 Å². The van der Waals surface area contributed by atoms with Crippen LogP contribution in [0, 0.1) is 5.92 Å². The summed E-state index contributed by atoms with van der Waals surface area (Å²) in [7, 11) is 0. The number of nitrogens with zero attached hydrogens (tertiary/aromatic N) is 1. The molecule has 0 amide bonds. The Morgan fingerprint density at radius 1 is 1.14 bits per heavy atom. The molecule has 1 N–H and O–H groups in total. The Hall–Kier alpha value is -0.860. The summed E-state index contributed by atoms with van der Waals surface area (Å²) in [6, 6.07) is 12.7. The van der Waals surface area contributed by atoms with Crippen LogP contribution in [0.5, 0.6) is 0 Å². The van der Waals surface area contributed by atoms with E-state index in [4.69, 9.17) is 0 Å². The van der Waals surface area contributed by atoms with Gasteiger partial charge in [-0.05, 0) is 50.8 Å². The molecular weight excluding hydrogens is 256 g/mol. The van der Waals surface area contributed by atoms with E-state index < -0.39 is 0 Å². The van der Waals surface area contributed by atoms with Gasteiger partial charge in [-0.2, -0.15) is 0 Å². The van der Waals surface area contributed by atoms with E-state index in [1.54, 1.807) is 0 Å². The number of hydrogen-bond donors (Lipinski definition) is 1. The van der Waals surface area contributed by atoms with Gasteiger partial charge >= 0.3 is 0 Å². The van der Waals surface area contributed by atoms with Gasteiger partial charge in [-0.15, -0.1) is 0 Å². The van der Waals surface area contributed by atoms with Crippen molar-refractivity contribution in [2.75, 3.05) is 13.1 Å². The summed E-state index contributed by atoms with van der Waals surface area (Å²) in [4.78, 5) is 2.75. The van der Waals surface area contributed by atoms with E-state index in [1.165, 1.54) is 31.4 Å². The molecule has 2 atom stereocenters. The maximum atomic E-state index is 3.71. The molecule has 0 heterocycles. The fraction of sp³-hybridized carbons (Fsp3) is 0.684. The monoisotopic (exact) mass is 288 g/mol. The second kappa shape index (κ2) is 7.95. The summed E-state index contributed by atoms with van der Waals surface area (Å²) in [6.07, 6.45) is 4.07. The van der Waals surface area contributed by atoms with Gasteiger partial charge in [0, 0.05) is 18.1 Å². The van der Waals surface area contributed by atoms with Gasteiger partial charge in [-0.3, -0.25) is 4.90 Å². The van der Waals surface area contributed by atoms with Crippen molar-refractivity contribution in [3.8, 4) is 0 Å². The lowest BCUT2D eigenvalue weighted by atomic mass is 9.98. The summed E-state index contributed by atoms with van der Waals surface area (Å²) in [5.41, 5.74) is 1.42. The minimum atomic E-state index is 0.434.